The first kappa shape index (κ1) is 16.0. The molecule has 120 valence electrons. The van der Waals surface area contributed by atoms with Crippen LogP contribution in [0.3, 0.4) is 0 Å². The van der Waals surface area contributed by atoms with E-state index >= 15 is 0 Å². The van der Waals surface area contributed by atoms with Gasteiger partial charge in [0.2, 0.25) is 0 Å². The van der Waals surface area contributed by atoms with Crippen LogP contribution in [0.2, 0.25) is 0 Å². The predicted octanol–water partition coefficient (Wildman–Crippen LogP) is 3.64. The monoisotopic (exact) mass is 348 g/mol. The van der Waals surface area contributed by atoms with Gasteiger partial charge in [-0.1, -0.05) is 30.0 Å². The van der Waals surface area contributed by atoms with Gasteiger partial charge in [0.1, 0.15) is 12.4 Å². The molecular weight excluding hydrogens is 332 g/mol. The van der Waals surface area contributed by atoms with Crippen molar-refractivity contribution in [2.75, 3.05) is 12.4 Å². The quantitative estimate of drug-likeness (QED) is 0.658. The maximum atomic E-state index is 10.00. The van der Waals surface area contributed by atoms with Gasteiger partial charge in [-0.15, -0.1) is 21.5 Å². The summed E-state index contributed by atoms with van der Waals surface area (Å²) in [6.45, 7) is 2.22. The second-order valence-corrected chi connectivity index (χ2v) is 6.86. The van der Waals surface area contributed by atoms with E-state index in [9.17, 15) is 5.11 Å². The molecule has 0 spiro atoms. The third-order valence-corrected chi connectivity index (χ3v) is 4.79. The Morgan fingerprint density at radius 2 is 2.22 bits per heavy atom. The minimum atomic E-state index is -0.613. The zero-order chi connectivity index (χ0) is 16.1. The number of rotatable bonds is 7. The van der Waals surface area contributed by atoms with Gasteiger partial charge in [0, 0.05) is 5.75 Å². The van der Waals surface area contributed by atoms with E-state index in [1.807, 2.05) is 48.7 Å². The molecule has 1 N–H and O–H groups in total. The molecular formula is C16H16N2O3S2. The van der Waals surface area contributed by atoms with Gasteiger partial charge < -0.3 is 14.3 Å². The lowest BCUT2D eigenvalue weighted by Gasteiger charge is -2.11. The average Bonchev–Trinajstić information content (AvgIpc) is 3.22. The summed E-state index contributed by atoms with van der Waals surface area (Å²) >= 11 is 2.86. The minimum Gasteiger partial charge on any atom is -0.491 e. The molecule has 7 heteroatoms. The van der Waals surface area contributed by atoms with E-state index in [2.05, 4.69) is 10.2 Å². The maximum Gasteiger partial charge on any atom is 0.276 e. The van der Waals surface area contributed by atoms with E-state index in [1.54, 1.807) is 11.3 Å². The highest BCUT2D eigenvalue weighted by atomic mass is 32.2. The Morgan fingerprint density at radius 3 is 3.00 bits per heavy atom. The highest BCUT2D eigenvalue weighted by Gasteiger charge is 2.12. The molecule has 0 aliphatic heterocycles. The van der Waals surface area contributed by atoms with Crippen molar-refractivity contribution in [2.24, 2.45) is 0 Å². The predicted molar refractivity (Wildman–Crippen MR) is 91.0 cm³/mol. The Hall–Kier alpha value is -1.83. The standard InChI is InChI=1S/C16H16N2O3S2/c1-11-4-2-5-13(8-11)20-9-12(19)10-23-16-18-17-15(21-16)14-6-3-7-22-14/h2-8,12,19H,9-10H2,1H3. The van der Waals surface area contributed by atoms with Crippen LogP contribution in [-0.2, 0) is 0 Å². The molecule has 0 aliphatic rings. The van der Waals surface area contributed by atoms with Crippen molar-refractivity contribution in [1.29, 1.82) is 0 Å². The third kappa shape index (κ3) is 4.57. The summed E-state index contributed by atoms with van der Waals surface area (Å²) in [6.07, 6.45) is -0.613. The molecule has 0 amide bonds. The third-order valence-electron chi connectivity index (χ3n) is 2.97. The van der Waals surface area contributed by atoms with Crippen molar-refractivity contribution in [1.82, 2.24) is 10.2 Å². The summed E-state index contributed by atoms with van der Waals surface area (Å²) in [4.78, 5) is 0.938. The molecule has 1 aromatic carbocycles. The van der Waals surface area contributed by atoms with E-state index in [0.717, 1.165) is 16.2 Å². The Kier molecular flexibility index (Phi) is 5.32. The summed E-state index contributed by atoms with van der Waals surface area (Å²) in [5.74, 6) is 1.69. The van der Waals surface area contributed by atoms with Crippen LogP contribution in [0.15, 0.2) is 51.4 Å². The zero-order valence-corrected chi connectivity index (χ0v) is 14.1. The Bertz CT molecular complexity index is 743. The highest BCUT2D eigenvalue weighted by Crippen LogP contribution is 2.26. The van der Waals surface area contributed by atoms with Crippen LogP contribution in [0, 0.1) is 6.92 Å². The first-order valence-electron chi connectivity index (χ1n) is 7.08. The normalized spacial score (nSPS) is 12.3. The number of aliphatic hydroxyl groups is 1. The average molecular weight is 348 g/mol. The second-order valence-electron chi connectivity index (χ2n) is 4.94. The van der Waals surface area contributed by atoms with Crippen molar-refractivity contribution in [3.8, 4) is 16.5 Å². The number of thioether (sulfide) groups is 1. The van der Waals surface area contributed by atoms with Gasteiger partial charge in [0.15, 0.2) is 0 Å². The molecule has 23 heavy (non-hydrogen) atoms. The Labute approximate surface area is 142 Å². The minimum absolute atomic E-state index is 0.225. The summed E-state index contributed by atoms with van der Waals surface area (Å²) < 4.78 is 11.1. The topological polar surface area (TPSA) is 68.4 Å². The number of aromatic nitrogens is 2. The van der Waals surface area contributed by atoms with Crippen LogP contribution in [0.5, 0.6) is 5.75 Å². The van der Waals surface area contributed by atoms with E-state index < -0.39 is 6.10 Å². The van der Waals surface area contributed by atoms with Gasteiger partial charge in [-0.05, 0) is 36.1 Å². The van der Waals surface area contributed by atoms with Gasteiger partial charge in [-0.3, -0.25) is 0 Å². The van der Waals surface area contributed by atoms with Crippen LogP contribution < -0.4 is 4.74 Å². The maximum absolute atomic E-state index is 10.00. The molecule has 0 fully saturated rings. The number of aryl methyl sites for hydroxylation is 1. The van der Waals surface area contributed by atoms with Crippen molar-refractivity contribution in [2.45, 2.75) is 18.3 Å². The van der Waals surface area contributed by atoms with E-state index in [0.29, 0.717) is 16.9 Å². The molecule has 1 unspecified atom stereocenters. The van der Waals surface area contributed by atoms with Crippen LogP contribution in [0.4, 0.5) is 0 Å². The van der Waals surface area contributed by atoms with Gasteiger partial charge >= 0.3 is 0 Å². The number of hydrogen-bond donors (Lipinski definition) is 1. The van der Waals surface area contributed by atoms with Crippen molar-refractivity contribution in [3.05, 3.63) is 47.3 Å². The Balaban J connectivity index is 1.46. The van der Waals surface area contributed by atoms with Crippen molar-refractivity contribution in [3.63, 3.8) is 0 Å². The van der Waals surface area contributed by atoms with Gasteiger partial charge in [-0.25, -0.2) is 0 Å². The molecule has 2 aromatic heterocycles. The molecule has 0 aliphatic carbocycles. The second kappa shape index (κ2) is 7.63. The Morgan fingerprint density at radius 1 is 1.30 bits per heavy atom. The van der Waals surface area contributed by atoms with E-state index in [-0.39, 0.29) is 6.61 Å². The fourth-order valence-corrected chi connectivity index (χ4v) is 3.19. The lowest BCUT2D eigenvalue weighted by molar-refractivity contribution is 0.126. The van der Waals surface area contributed by atoms with Crippen LogP contribution in [0.1, 0.15) is 5.56 Å². The fraction of sp³-hybridized carbons (Fsp3) is 0.250. The molecule has 0 bridgehead atoms. The largest absolute Gasteiger partial charge is 0.491 e. The molecule has 0 saturated heterocycles. The fourth-order valence-electron chi connectivity index (χ4n) is 1.88. The summed E-state index contributed by atoms with van der Waals surface area (Å²) in [7, 11) is 0. The number of thiophene rings is 1. The van der Waals surface area contributed by atoms with E-state index in [1.165, 1.54) is 11.8 Å². The first-order chi connectivity index (χ1) is 11.2. The molecule has 0 radical (unpaired) electrons. The van der Waals surface area contributed by atoms with Gasteiger partial charge in [-0.2, -0.15) is 0 Å². The lowest BCUT2D eigenvalue weighted by Crippen LogP contribution is -2.20. The van der Waals surface area contributed by atoms with Gasteiger partial charge in [0.05, 0.1) is 11.0 Å². The SMILES string of the molecule is Cc1cccc(OCC(O)CSc2nnc(-c3cccs3)o2)c1. The van der Waals surface area contributed by atoms with Crippen molar-refractivity contribution < 1.29 is 14.3 Å². The lowest BCUT2D eigenvalue weighted by atomic mass is 10.2. The molecule has 1 atom stereocenters. The molecule has 3 aromatic rings. The number of ether oxygens (including phenoxy) is 1. The molecule has 2 heterocycles. The van der Waals surface area contributed by atoms with Crippen LogP contribution in [0.25, 0.3) is 10.8 Å². The summed E-state index contributed by atoms with van der Waals surface area (Å²) in [6, 6.07) is 11.6. The molecule has 0 saturated carbocycles. The molecule has 3 rings (SSSR count). The summed E-state index contributed by atoms with van der Waals surface area (Å²) in [5.41, 5.74) is 1.12. The van der Waals surface area contributed by atoms with Crippen molar-refractivity contribution >= 4 is 23.1 Å². The number of hydrogen-bond acceptors (Lipinski definition) is 7. The van der Waals surface area contributed by atoms with Gasteiger partial charge in [0.25, 0.3) is 11.1 Å². The van der Waals surface area contributed by atoms with E-state index in [4.69, 9.17) is 9.15 Å². The first-order valence-corrected chi connectivity index (χ1v) is 8.95. The number of nitrogens with zero attached hydrogens (tertiary/aromatic N) is 2. The number of benzene rings is 1. The van der Waals surface area contributed by atoms with Crippen LogP contribution in [-0.4, -0.2) is 33.8 Å². The smallest absolute Gasteiger partial charge is 0.276 e. The molecule has 5 nitrogen and oxygen atoms in total. The highest BCUT2D eigenvalue weighted by molar-refractivity contribution is 7.99. The zero-order valence-electron chi connectivity index (χ0n) is 12.5. The summed E-state index contributed by atoms with van der Waals surface area (Å²) in [5, 5.41) is 20.4. The van der Waals surface area contributed by atoms with Crippen LogP contribution >= 0.6 is 23.1 Å². The number of aliphatic hydroxyl groups excluding tert-OH is 1.